The number of benzene rings is 1. The molecule has 18 heavy (non-hydrogen) atoms. The molecule has 0 saturated carbocycles. The minimum absolute atomic E-state index is 0.0283. The van der Waals surface area contributed by atoms with Gasteiger partial charge in [0.15, 0.2) is 0 Å². The normalized spacial score (nSPS) is 18.9. The first kappa shape index (κ1) is 13.4. The Kier molecular flexibility index (Phi) is 4.30. The quantitative estimate of drug-likeness (QED) is 0.905. The van der Waals surface area contributed by atoms with Crippen LogP contribution in [-0.2, 0) is 11.2 Å². The molecule has 1 heterocycles. The summed E-state index contributed by atoms with van der Waals surface area (Å²) in [5, 5.41) is 3.18. The summed E-state index contributed by atoms with van der Waals surface area (Å²) < 4.78 is 0. The average molecular weight is 264 g/mol. The highest BCUT2D eigenvalue weighted by atomic mass is 32.2. The predicted molar refractivity (Wildman–Crippen MR) is 77.4 cm³/mol. The number of hydrogen-bond donors (Lipinski definition) is 1. The summed E-state index contributed by atoms with van der Waals surface area (Å²) in [6.07, 6.45) is 0.996. The minimum atomic E-state index is 0.0283. The van der Waals surface area contributed by atoms with Gasteiger partial charge in [-0.1, -0.05) is 6.07 Å². The fourth-order valence-electron chi connectivity index (χ4n) is 2.20. The summed E-state index contributed by atoms with van der Waals surface area (Å²) in [7, 11) is 1.96. The number of carbonyl (C=O) groups is 1. The smallest absolute Gasteiger partial charge is 0.240 e. The number of nitrogens with zero attached hydrogens (tertiary/aromatic N) is 1. The molecule has 3 nitrogen and oxygen atoms in total. The molecule has 0 aromatic heterocycles. The number of rotatable bonds is 4. The third-order valence-corrected chi connectivity index (χ3v) is 4.37. The number of anilines is 1. The lowest BCUT2D eigenvalue weighted by molar-refractivity contribution is -0.117. The monoisotopic (exact) mass is 264 g/mol. The van der Waals surface area contributed by atoms with E-state index >= 15 is 0 Å². The summed E-state index contributed by atoms with van der Waals surface area (Å²) in [6.45, 7) is 5.72. The van der Waals surface area contributed by atoms with Gasteiger partial charge in [0, 0.05) is 11.4 Å². The van der Waals surface area contributed by atoms with Crippen LogP contribution in [0.15, 0.2) is 23.1 Å². The first-order valence-electron chi connectivity index (χ1n) is 6.43. The minimum Gasteiger partial charge on any atom is -0.319 e. The van der Waals surface area contributed by atoms with Crippen molar-refractivity contribution in [2.24, 2.45) is 0 Å². The van der Waals surface area contributed by atoms with Crippen LogP contribution in [0, 0.1) is 0 Å². The summed E-state index contributed by atoms with van der Waals surface area (Å²) in [5.41, 5.74) is 2.36. The van der Waals surface area contributed by atoms with E-state index < -0.39 is 0 Å². The zero-order chi connectivity index (χ0) is 13.1. The molecular formula is C14H20N2OS. The second-order valence-electron chi connectivity index (χ2n) is 4.50. The van der Waals surface area contributed by atoms with Gasteiger partial charge in [-0.2, -0.15) is 0 Å². The molecule has 1 N–H and O–H groups in total. The van der Waals surface area contributed by atoms with E-state index in [0.29, 0.717) is 0 Å². The standard InChI is InChI=1S/C14H20N2OS/c1-4-16-12-9-11(7-8-15-3)5-6-13(12)18-10(2)14(16)17/h5-6,9-10,15H,4,7-8H2,1-3H3. The van der Waals surface area contributed by atoms with Gasteiger partial charge >= 0.3 is 0 Å². The maximum absolute atomic E-state index is 12.1. The molecule has 1 amide bonds. The van der Waals surface area contributed by atoms with E-state index in [1.54, 1.807) is 11.8 Å². The molecule has 0 radical (unpaired) electrons. The van der Waals surface area contributed by atoms with Gasteiger partial charge in [-0.3, -0.25) is 4.79 Å². The third-order valence-electron chi connectivity index (χ3n) is 3.21. The molecule has 4 heteroatoms. The topological polar surface area (TPSA) is 32.3 Å². The van der Waals surface area contributed by atoms with Crippen molar-refractivity contribution in [3.05, 3.63) is 23.8 Å². The lowest BCUT2D eigenvalue weighted by Gasteiger charge is -2.31. The number of likely N-dealkylation sites (N-methyl/N-ethyl adjacent to an activating group) is 1. The summed E-state index contributed by atoms with van der Waals surface area (Å²) in [6, 6.07) is 6.48. The second kappa shape index (κ2) is 5.76. The zero-order valence-electron chi connectivity index (χ0n) is 11.2. The fourth-order valence-corrected chi connectivity index (χ4v) is 3.25. The molecule has 0 fully saturated rings. The van der Waals surface area contributed by atoms with Crippen molar-refractivity contribution in [1.29, 1.82) is 0 Å². The van der Waals surface area contributed by atoms with Crippen molar-refractivity contribution >= 4 is 23.4 Å². The molecule has 0 saturated heterocycles. The van der Waals surface area contributed by atoms with Gasteiger partial charge in [-0.25, -0.2) is 0 Å². The van der Waals surface area contributed by atoms with Crippen molar-refractivity contribution in [1.82, 2.24) is 5.32 Å². The number of amides is 1. The molecule has 1 unspecified atom stereocenters. The number of nitrogens with one attached hydrogen (secondary N) is 1. The summed E-state index contributed by atoms with van der Waals surface area (Å²) in [4.78, 5) is 15.3. The Labute approximate surface area is 113 Å². The van der Waals surface area contributed by atoms with Crippen molar-refractivity contribution < 1.29 is 4.79 Å². The van der Waals surface area contributed by atoms with E-state index in [-0.39, 0.29) is 11.2 Å². The van der Waals surface area contributed by atoms with E-state index in [1.807, 2.05) is 25.8 Å². The van der Waals surface area contributed by atoms with Gasteiger partial charge in [0.25, 0.3) is 0 Å². The van der Waals surface area contributed by atoms with Crippen molar-refractivity contribution in [3.8, 4) is 0 Å². The maximum Gasteiger partial charge on any atom is 0.240 e. The van der Waals surface area contributed by atoms with Crippen LogP contribution >= 0.6 is 11.8 Å². The van der Waals surface area contributed by atoms with Crippen LogP contribution in [-0.4, -0.2) is 31.3 Å². The van der Waals surface area contributed by atoms with Gasteiger partial charge in [0.1, 0.15) is 0 Å². The Hall–Kier alpha value is -1.00. The molecule has 1 aromatic carbocycles. The molecule has 1 aliphatic rings. The van der Waals surface area contributed by atoms with Crippen molar-refractivity contribution in [2.75, 3.05) is 25.0 Å². The Morgan fingerprint density at radius 3 is 2.89 bits per heavy atom. The molecule has 2 rings (SSSR count). The largest absolute Gasteiger partial charge is 0.319 e. The van der Waals surface area contributed by atoms with Crippen LogP contribution in [0.5, 0.6) is 0 Å². The predicted octanol–water partition coefficient (Wildman–Crippen LogP) is 2.30. The molecule has 0 spiro atoms. The number of fused-ring (bicyclic) bond motifs is 1. The third kappa shape index (κ3) is 2.54. The Morgan fingerprint density at radius 2 is 2.22 bits per heavy atom. The lowest BCUT2D eigenvalue weighted by atomic mass is 10.1. The highest BCUT2D eigenvalue weighted by Crippen LogP contribution is 2.39. The van der Waals surface area contributed by atoms with E-state index in [1.165, 1.54) is 10.5 Å². The Bertz CT molecular complexity index is 447. The van der Waals surface area contributed by atoms with Crippen LogP contribution in [0.2, 0.25) is 0 Å². The molecule has 98 valence electrons. The zero-order valence-corrected chi connectivity index (χ0v) is 12.0. The second-order valence-corrected chi connectivity index (χ2v) is 5.88. The summed E-state index contributed by atoms with van der Waals surface area (Å²) in [5.74, 6) is 0.223. The molecule has 1 aromatic rings. The van der Waals surface area contributed by atoms with E-state index in [0.717, 1.165) is 25.2 Å². The first-order chi connectivity index (χ1) is 8.67. The molecule has 1 aliphatic heterocycles. The number of thioether (sulfide) groups is 1. The molecule has 1 atom stereocenters. The van der Waals surface area contributed by atoms with E-state index in [9.17, 15) is 4.79 Å². The highest BCUT2D eigenvalue weighted by molar-refractivity contribution is 8.00. The van der Waals surface area contributed by atoms with E-state index in [2.05, 4.69) is 23.5 Å². The van der Waals surface area contributed by atoms with Gasteiger partial charge in [0.2, 0.25) is 5.91 Å². The van der Waals surface area contributed by atoms with Crippen LogP contribution in [0.4, 0.5) is 5.69 Å². The average Bonchev–Trinajstić information content (AvgIpc) is 2.38. The van der Waals surface area contributed by atoms with Gasteiger partial charge < -0.3 is 10.2 Å². The maximum atomic E-state index is 12.1. The Morgan fingerprint density at radius 1 is 1.44 bits per heavy atom. The van der Waals surface area contributed by atoms with Crippen LogP contribution in [0.1, 0.15) is 19.4 Å². The highest BCUT2D eigenvalue weighted by Gasteiger charge is 2.29. The van der Waals surface area contributed by atoms with Crippen molar-refractivity contribution in [3.63, 3.8) is 0 Å². The van der Waals surface area contributed by atoms with Gasteiger partial charge in [-0.05, 0) is 51.6 Å². The van der Waals surface area contributed by atoms with Crippen LogP contribution in [0.25, 0.3) is 0 Å². The van der Waals surface area contributed by atoms with Gasteiger partial charge in [0.05, 0.1) is 10.9 Å². The lowest BCUT2D eigenvalue weighted by Crippen LogP contribution is -2.39. The molecular weight excluding hydrogens is 244 g/mol. The number of hydrogen-bond acceptors (Lipinski definition) is 3. The Balaban J connectivity index is 2.32. The number of carbonyl (C=O) groups excluding carboxylic acids is 1. The molecule has 0 bridgehead atoms. The summed E-state index contributed by atoms with van der Waals surface area (Å²) >= 11 is 1.66. The van der Waals surface area contributed by atoms with Crippen LogP contribution in [0.3, 0.4) is 0 Å². The SMILES string of the molecule is CCN1C(=O)C(C)Sc2ccc(CCNC)cc21. The van der Waals surface area contributed by atoms with Gasteiger partial charge in [-0.15, -0.1) is 11.8 Å². The fraction of sp³-hybridized carbons (Fsp3) is 0.500. The van der Waals surface area contributed by atoms with Crippen molar-refractivity contribution in [2.45, 2.75) is 30.4 Å². The van der Waals surface area contributed by atoms with Crippen LogP contribution < -0.4 is 10.2 Å². The molecule has 0 aliphatic carbocycles. The van der Waals surface area contributed by atoms with E-state index in [4.69, 9.17) is 0 Å². The first-order valence-corrected chi connectivity index (χ1v) is 7.31.